The van der Waals surface area contributed by atoms with Gasteiger partial charge < -0.3 is 5.11 Å². The van der Waals surface area contributed by atoms with Crippen molar-refractivity contribution >= 4 is 5.97 Å². The Bertz CT molecular complexity index is 461. The molecule has 2 rings (SSSR count). The molecule has 3 nitrogen and oxygen atoms in total. The van der Waals surface area contributed by atoms with Crippen LogP contribution >= 0.6 is 0 Å². The third-order valence-corrected chi connectivity index (χ3v) is 3.83. The number of benzene rings is 1. The van der Waals surface area contributed by atoms with Crippen molar-refractivity contribution in [3.8, 4) is 0 Å². The molecule has 0 spiro atoms. The predicted molar refractivity (Wildman–Crippen MR) is 71.4 cm³/mol. The van der Waals surface area contributed by atoms with Gasteiger partial charge in [0.25, 0.3) is 0 Å². The molecule has 0 bridgehead atoms. The standard InChI is InChI=1S/C15H20FNO2/c1-11-9-13(16)7-6-12(11)10-17-8-4-2-3-5-14(17)15(18)19/h6-7,9,14H,2-5,8,10H2,1H3,(H,18,19). The van der Waals surface area contributed by atoms with Crippen LogP contribution in [0.4, 0.5) is 4.39 Å². The van der Waals surface area contributed by atoms with Gasteiger partial charge >= 0.3 is 5.97 Å². The van der Waals surface area contributed by atoms with Crippen LogP contribution in [0.5, 0.6) is 0 Å². The molecule has 0 saturated carbocycles. The van der Waals surface area contributed by atoms with Gasteiger partial charge in [-0.05, 0) is 49.6 Å². The molecule has 1 atom stereocenters. The minimum Gasteiger partial charge on any atom is -0.480 e. The van der Waals surface area contributed by atoms with Crippen LogP contribution in [-0.2, 0) is 11.3 Å². The van der Waals surface area contributed by atoms with E-state index in [4.69, 9.17) is 0 Å². The molecule has 104 valence electrons. The lowest BCUT2D eigenvalue weighted by Crippen LogP contribution is -2.40. The van der Waals surface area contributed by atoms with Crippen LogP contribution in [0, 0.1) is 12.7 Å². The van der Waals surface area contributed by atoms with E-state index in [0.29, 0.717) is 13.0 Å². The summed E-state index contributed by atoms with van der Waals surface area (Å²) in [5, 5.41) is 9.32. The molecule has 1 unspecified atom stereocenters. The number of rotatable bonds is 3. The Morgan fingerprint density at radius 3 is 2.89 bits per heavy atom. The maximum atomic E-state index is 13.1. The van der Waals surface area contributed by atoms with E-state index in [9.17, 15) is 14.3 Å². The summed E-state index contributed by atoms with van der Waals surface area (Å²) in [5.41, 5.74) is 1.89. The normalized spacial score (nSPS) is 21.1. The number of carboxylic acids is 1. The van der Waals surface area contributed by atoms with Crippen molar-refractivity contribution in [1.82, 2.24) is 4.90 Å². The highest BCUT2D eigenvalue weighted by atomic mass is 19.1. The van der Waals surface area contributed by atoms with E-state index < -0.39 is 12.0 Å². The molecular formula is C15H20FNO2. The second-order valence-corrected chi connectivity index (χ2v) is 5.24. The first-order chi connectivity index (χ1) is 9.08. The van der Waals surface area contributed by atoms with Crippen molar-refractivity contribution in [2.75, 3.05) is 6.54 Å². The topological polar surface area (TPSA) is 40.5 Å². The van der Waals surface area contributed by atoms with Crippen molar-refractivity contribution in [2.45, 2.75) is 45.2 Å². The van der Waals surface area contributed by atoms with Gasteiger partial charge in [-0.2, -0.15) is 0 Å². The lowest BCUT2D eigenvalue weighted by molar-refractivity contribution is -0.143. The number of carboxylic acid groups (broad SMARTS) is 1. The fraction of sp³-hybridized carbons (Fsp3) is 0.533. The molecule has 1 aromatic carbocycles. The molecule has 1 fully saturated rings. The first kappa shape index (κ1) is 14.0. The van der Waals surface area contributed by atoms with Gasteiger partial charge in [-0.3, -0.25) is 9.69 Å². The number of hydrogen-bond donors (Lipinski definition) is 1. The summed E-state index contributed by atoms with van der Waals surface area (Å²) in [6.07, 6.45) is 3.79. The Kier molecular flexibility index (Phi) is 4.53. The van der Waals surface area contributed by atoms with E-state index in [0.717, 1.165) is 36.9 Å². The van der Waals surface area contributed by atoms with E-state index in [1.165, 1.54) is 12.1 Å². The Hall–Kier alpha value is -1.42. The maximum absolute atomic E-state index is 13.1. The first-order valence-electron chi connectivity index (χ1n) is 6.80. The zero-order valence-corrected chi connectivity index (χ0v) is 11.2. The van der Waals surface area contributed by atoms with Gasteiger partial charge in [0.15, 0.2) is 0 Å². The number of likely N-dealkylation sites (tertiary alicyclic amines) is 1. The van der Waals surface area contributed by atoms with Crippen LogP contribution in [0.25, 0.3) is 0 Å². The largest absolute Gasteiger partial charge is 0.480 e. The van der Waals surface area contributed by atoms with Crippen molar-refractivity contribution in [3.63, 3.8) is 0 Å². The number of hydrogen-bond acceptors (Lipinski definition) is 2. The number of aliphatic carboxylic acids is 1. The molecule has 0 aromatic heterocycles. The number of nitrogens with zero attached hydrogens (tertiary/aromatic N) is 1. The van der Waals surface area contributed by atoms with Gasteiger partial charge in [0.2, 0.25) is 0 Å². The first-order valence-corrected chi connectivity index (χ1v) is 6.80. The Labute approximate surface area is 113 Å². The van der Waals surface area contributed by atoms with Crippen LogP contribution in [0.2, 0.25) is 0 Å². The molecule has 1 aromatic rings. The smallest absolute Gasteiger partial charge is 0.320 e. The van der Waals surface area contributed by atoms with Gasteiger partial charge in [0.1, 0.15) is 11.9 Å². The van der Waals surface area contributed by atoms with Crippen molar-refractivity contribution in [1.29, 1.82) is 0 Å². The summed E-state index contributed by atoms with van der Waals surface area (Å²) < 4.78 is 13.1. The van der Waals surface area contributed by atoms with E-state index in [1.807, 2.05) is 11.8 Å². The van der Waals surface area contributed by atoms with Crippen molar-refractivity contribution in [2.24, 2.45) is 0 Å². The molecule has 19 heavy (non-hydrogen) atoms. The van der Waals surface area contributed by atoms with Gasteiger partial charge in [-0.15, -0.1) is 0 Å². The van der Waals surface area contributed by atoms with E-state index >= 15 is 0 Å². The van der Waals surface area contributed by atoms with Crippen LogP contribution in [0.1, 0.15) is 36.8 Å². The van der Waals surface area contributed by atoms with Crippen LogP contribution < -0.4 is 0 Å². The number of carbonyl (C=O) groups is 1. The second kappa shape index (κ2) is 6.15. The fourth-order valence-corrected chi connectivity index (χ4v) is 2.69. The summed E-state index contributed by atoms with van der Waals surface area (Å²) in [7, 11) is 0. The summed E-state index contributed by atoms with van der Waals surface area (Å²) in [4.78, 5) is 13.4. The quantitative estimate of drug-likeness (QED) is 0.913. The summed E-state index contributed by atoms with van der Waals surface area (Å²) >= 11 is 0. The molecule has 0 amide bonds. The molecule has 1 aliphatic rings. The average molecular weight is 265 g/mol. The van der Waals surface area contributed by atoms with Gasteiger partial charge in [-0.1, -0.05) is 18.9 Å². The Balaban J connectivity index is 2.16. The molecule has 0 radical (unpaired) electrons. The van der Waals surface area contributed by atoms with E-state index in [-0.39, 0.29) is 5.82 Å². The molecule has 4 heteroatoms. The van der Waals surface area contributed by atoms with Gasteiger partial charge in [0.05, 0.1) is 0 Å². The number of halogens is 1. The lowest BCUT2D eigenvalue weighted by atomic mass is 10.1. The highest BCUT2D eigenvalue weighted by molar-refractivity contribution is 5.73. The molecule has 0 aliphatic carbocycles. The maximum Gasteiger partial charge on any atom is 0.320 e. The van der Waals surface area contributed by atoms with Crippen LogP contribution in [0.3, 0.4) is 0 Å². The third-order valence-electron chi connectivity index (χ3n) is 3.83. The van der Waals surface area contributed by atoms with Gasteiger partial charge in [-0.25, -0.2) is 4.39 Å². The van der Waals surface area contributed by atoms with Crippen LogP contribution in [-0.4, -0.2) is 28.6 Å². The SMILES string of the molecule is Cc1cc(F)ccc1CN1CCCCCC1C(=O)O. The molecule has 1 saturated heterocycles. The number of aryl methyl sites for hydroxylation is 1. The van der Waals surface area contributed by atoms with E-state index in [2.05, 4.69) is 0 Å². The second-order valence-electron chi connectivity index (χ2n) is 5.24. The predicted octanol–water partition coefficient (Wildman–Crippen LogP) is 2.96. The van der Waals surface area contributed by atoms with Gasteiger partial charge in [0, 0.05) is 6.54 Å². The molecule has 1 aliphatic heterocycles. The van der Waals surface area contributed by atoms with E-state index in [1.54, 1.807) is 6.07 Å². The minimum atomic E-state index is -0.748. The summed E-state index contributed by atoms with van der Waals surface area (Å²) in [6, 6.07) is 4.29. The Morgan fingerprint density at radius 2 is 2.21 bits per heavy atom. The zero-order chi connectivity index (χ0) is 13.8. The highest BCUT2D eigenvalue weighted by Gasteiger charge is 2.27. The summed E-state index contributed by atoms with van der Waals surface area (Å²) in [5.74, 6) is -0.992. The molecular weight excluding hydrogens is 245 g/mol. The Morgan fingerprint density at radius 1 is 1.42 bits per heavy atom. The molecule has 1 heterocycles. The fourth-order valence-electron chi connectivity index (χ4n) is 2.69. The van der Waals surface area contributed by atoms with Crippen molar-refractivity contribution in [3.05, 3.63) is 35.1 Å². The third kappa shape index (κ3) is 3.53. The zero-order valence-electron chi connectivity index (χ0n) is 11.2. The monoisotopic (exact) mass is 265 g/mol. The summed E-state index contributed by atoms with van der Waals surface area (Å²) in [6.45, 7) is 3.25. The minimum absolute atomic E-state index is 0.244. The van der Waals surface area contributed by atoms with Crippen molar-refractivity contribution < 1.29 is 14.3 Å². The highest BCUT2D eigenvalue weighted by Crippen LogP contribution is 2.21. The lowest BCUT2D eigenvalue weighted by Gasteiger charge is -2.27. The average Bonchev–Trinajstić information content (AvgIpc) is 2.58. The molecule has 1 N–H and O–H groups in total. The van der Waals surface area contributed by atoms with Crippen LogP contribution in [0.15, 0.2) is 18.2 Å².